The minimum atomic E-state index is -3.18. The molecular formula is C8H11NO2S. The van der Waals surface area contributed by atoms with E-state index in [4.69, 9.17) is 0 Å². The minimum absolute atomic E-state index is 0.308. The molecule has 0 bridgehead atoms. The van der Waals surface area contributed by atoms with Crippen LogP contribution in [0.1, 0.15) is 6.92 Å². The lowest BCUT2D eigenvalue weighted by atomic mass is 10.4. The van der Waals surface area contributed by atoms with Crippen LogP contribution < -0.4 is 0 Å². The molecule has 4 heteroatoms. The maximum Gasteiger partial charge on any atom is 0.266 e. The Kier molecular flexibility index (Phi) is 2.10. The van der Waals surface area contributed by atoms with Gasteiger partial charge in [-0.25, -0.2) is 8.42 Å². The van der Waals surface area contributed by atoms with Gasteiger partial charge in [-0.2, -0.15) is 0 Å². The monoisotopic (exact) mass is 185 g/mol. The smallest absolute Gasteiger partial charge is 0.266 e. The van der Waals surface area contributed by atoms with E-state index in [1.807, 2.05) is 6.92 Å². The van der Waals surface area contributed by atoms with Gasteiger partial charge in [0.15, 0.2) is 0 Å². The van der Waals surface area contributed by atoms with E-state index in [2.05, 4.69) is 6.58 Å². The molecule has 3 nitrogen and oxygen atoms in total. The zero-order valence-electron chi connectivity index (χ0n) is 7.11. The van der Waals surface area contributed by atoms with Crippen molar-refractivity contribution in [1.82, 2.24) is 4.31 Å². The topological polar surface area (TPSA) is 37.4 Å². The third-order valence-electron chi connectivity index (χ3n) is 1.74. The molecule has 0 saturated carbocycles. The summed E-state index contributed by atoms with van der Waals surface area (Å²) in [6, 6.07) is 0. The van der Waals surface area contributed by atoms with Crippen molar-refractivity contribution in [2.75, 3.05) is 7.05 Å². The van der Waals surface area contributed by atoms with Crippen LogP contribution in [0.5, 0.6) is 0 Å². The van der Waals surface area contributed by atoms with Crippen molar-refractivity contribution in [3.63, 3.8) is 0 Å². The number of allylic oxidation sites excluding steroid dienone is 3. The Morgan fingerprint density at radius 2 is 2.08 bits per heavy atom. The van der Waals surface area contributed by atoms with Gasteiger partial charge >= 0.3 is 0 Å². The van der Waals surface area contributed by atoms with E-state index in [0.717, 1.165) is 0 Å². The van der Waals surface area contributed by atoms with Gasteiger partial charge in [0, 0.05) is 7.05 Å². The highest BCUT2D eigenvalue weighted by Gasteiger charge is 2.38. The Bertz CT molecular complexity index is 363. The SMILES string of the molecule is C=C1/C(=C\C=C/C)S(=O)(=O)N1C. The molecule has 1 saturated heterocycles. The van der Waals surface area contributed by atoms with Crippen LogP contribution in [-0.2, 0) is 10.0 Å². The van der Waals surface area contributed by atoms with Crippen molar-refractivity contribution in [3.8, 4) is 0 Å². The van der Waals surface area contributed by atoms with E-state index in [-0.39, 0.29) is 0 Å². The van der Waals surface area contributed by atoms with Crippen molar-refractivity contribution >= 4 is 10.0 Å². The molecule has 0 aliphatic carbocycles. The summed E-state index contributed by atoms with van der Waals surface area (Å²) in [5.74, 6) is 0. The van der Waals surface area contributed by atoms with Gasteiger partial charge in [0.25, 0.3) is 10.0 Å². The molecule has 1 rings (SSSR count). The Morgan fingerprint density at radius 1 is 1.50 bits per heavy atom. The molecule has 0 aromatic rings. The Morgan fingerprint density at radius 3 is 2.50 bits per heavy atom. The second kappa shape index (κ2) is 2.79. The second-order valence-electron chi connectivity index (χ2n) is 2.48. The number of rotatable bonds is 1. The van der Waals surface area contributed by atoms with Gasteiger partial charge in [-0.15, -0.1) is 0 Å². The molecule has 0 amide bonds. The molecule has 0 aromatic carbocycles. The molecule has 0 unspecified atom stereocenters. The van der Waals surface area contributed by atoms with Crippen molar-refractivity contribution in [3.05, 3.63) is 35.4 Å². The number of nitrogens with zero attached hydrogens (tertiary/aromatic N) is 1. The van der Waals surface area contributed by atoms with Crippen LogP contribution in [0, 0.1) is 0 Å². The maximum absolute atomic E-state index is 11.2. The van der Waals surface area contributed by atoms with Crippen LogP contribution >= 0.6 is 0 Å². The molecule has 0 N–H and O–H groups in total. The number of likely N-dealkylation sites (N-methyl/N-ethyl adjacent to an activating group) is 1. The zero-order chi connectivity index (χ0) is 9.35. The zero-order valence-corrected chi connectivity index (χ0v) is 7.93. The standard InChI is InChI=1S/C8H11NO2S/c1-4-5-6-8-7(2)9(3)12(8,10)11/h4-6H,2H2,1,3H3/b5-4-,8-6+. The van der Waals surface area contributed by atoms with E-state index >= 15 is 0 Å². The highest BCUT2D eigenvalue weighted by atomic mass is 32.2. The first-order valence-electron chi connectivity index (χ1n) is 3.53. The summed E-state index contributed by atoms with van der Waals surface area (Å²) in [5, 5.41) is 0. The Hall–Kier alpha value is -1.03. The van der Waals surface area contributed by atoms with Crippen LogP contribution in [-0.4, -0.2) is 19.8 Å². The maximum atomic E-state index is 11.2. The third-order valence-corrected chi connectivity index (χ3v) is 3.61. The van der Waals surface area contributed by atoms with Crippen molar-refractivity contribution in [1.29, 1.82) is 0 Å². The first-order chi connectivity index (χ1) is 5.51. The molecule has 1 fully saturated rings. The van der Waals surface area contributed by atoms with E-state index in [1.54, 1.807) is 18.2 Å². The quantitative estimate of drug-likeness (QED) is 0.616. The van der Waals surface area contributed by atoms with E-state index in [0.29, 0.717) is 10.6 Å². The molecule has 0 aromatic heterocycles. The van der Waals surface area contributed by atoms with Gasteiger partial charge in [0.05, 0.1) is 5.70 Å². The lowest BCUT2D eigenvalue weighted by Gasteiger charge is -2.33. The predicted octanol–water partition coefficient (Wildman–Crippen LogP) is 1.24. The summed E-state index contributed by atoms with van der Waals surface area (Å²) in [6.07, 6.45) is 5.01. The van der Waals surface area contributed by atoms with Crippen LogP contribution in [0.25, 0.3) is 0 Å². The molecule has 12 heavy (non-hydrogen) atoms. The fraction of sp³-hybridized carbons (Fsp3) is 0.250. The highest BCUT2D eigenvalue weighted by molar-refractivity contribution is 7.95. The molecule has 66 valence electrons. The number of hydrogen-bond donors (Lipinski definition) is 0. The first-order valence-corrected chi connectivity index (χ1v) is 4.97. The normalized spacial score (nSPS) is 25.0. The Balaban J connectivity index is 3.05. The van der Waals surface area contributed by atoms with Crippen LogP contribution in [0.3, 0.4) is 0 Å². The van der Waals surface area contributed by atoms with Crippen LogP contribution in [0.4, 0.5) is 0 Å². The fourth-order valence-electron chi connectivity index (χ4n) is 0.923. The largest absolute Gasteiger partial charge is 0.269 e. The summed E-state index contributed by atoms with van der Waals surface area (Å²) in [4.78, 5) is 0.308. The summed E-state index contributed by atoms with van der Waals surface area (Å²) < 4.78 is 23.6. The third kappa shape index (κ3) is 1.08. The van der Waals surface area contributed by atoms with Crippen molar-refractivity contribution in [2.45, 2.75) is 6.92 Å². The lowest BCUT2D eigenvalue weighted by Crippen LogP contribution is -2.39. The highest BCUT2D eigenvalue weighted by Crippen LogP contribution is 2.34. The van der Waals surface area contributed by atoms with Gasteiger partial charge < -0.3 is 0 Å². The van der Waals surface area contributed by atoms with E-state index in [1.165, 1.54) is 11.4 Å². The van der Waals surface area contributed by atoms with Gasteiger partial charge in [-0.05, 0) is 13.0 Å². The molecule has 1 heterocycles. The van der Waals surface area contributed by atoms with E-state index < -0.39 is 10.0 Å². The van der Waals surface area contributed by atoms with Gasteiger partial charge in [-0.3, -0.25) is 4.31 Å². The van der Waals surface area contributed by atoms with Crippen molar-refractivity contribution in [2.24, 2.45) is 0 Å². The van der Waals surface area contributed by atoms with Crippen molar-refractivity contribution < 1.29 is 8.42 Å². The molecule has 0 atom stereocenters. The van der Waals surface area contributed by atoms with Crippen LogP contribution in [0.15, 0.2) is 35.4 Å². The van der Waals surface area contributed by atoms with Crippen LogP contribution in [0.2, 0.25) is 0 Å². The summed E-state index contributed by atoms with van der Waals surface area (Å²) in [5.41, 5.74) is 0.549. The van der Waals surface area contributed by atoms with Gasteiger partial charge in [0.2, 0.25) is 0 Å². The first kappa shape index (κ1) is 9.06. The summed E-state index contributed by atoms with van der Waals surface area (Å²) in [7, 11) is -1.69. The fourth-order valence-corrected chi connectivity index (χ4v) is 2.16. The van der Waals surface area contributed by atoms with E-state index in [9.17, 15) is 8.42 Å². The predicted molar refractivity (Wildman–Crippen MR) is 48.7 cm³/mol. The minimum Gasteiger partial charge on any atom is -0.269 e. The molecule has 1 aliphatic heterocycles. The summed E-state index contributed by atoms with van der Waals surface area (Å²) in [6.45, 7) is 5.44. The van der Waals surface area contributed by atoms with Gasteiger partial charge in [-0.1, -0.05) is 18.7 Å². The Labute approximate surface area is 72.7 Å². The number of hydrogen-bond acceptors (Lipinski definition) is 2. The average Bonchev–Trinajstić information content (AvgIpc) is 2.03. The molecule has 0 spiro atoms. The van der Waals surface area contributed by atoms with Gasteiger partial charge in [0.1, 0.15) is 4.91 Å². The second-order valence-corrected chi connectivity index (χ2v) is 4.41. The molecular weight excluding hydrogens is 174 g/mol. The average molecular weight is 185 g/mol. The summed E-state index contributed by atoms with van der Waals surface area (Å²) >= 11 is 0. The number of sulfonamides is 1. The molecule has 1 aliphatic rings. The lowest BCUT2D eigenvalue weighted by molar-refractivity contribution is 0.511. The molecule has 0 radical (unpaired) electrons.